The van der Waals surface area contributed by atoms with E-state index in [9.17, 15) is 9.59 Å². The van der Waals surface area contributed by atoms with Crippen LogP contribution in [-0.4, -0.2) is 41.3 Å². The smallest absolute Gasteiger partial charge is 0.272 e. The van der Waals surface area contributed by atoms with Crippen molar-refractivity contribution >= 4 is 17.5 Å². The summed E-state index contributed by atoms with van der Waals surface area (Å²) in [7, 11) is 0. The summed E-state index contributed by atoms with van der Waals surface area (Å²) in [4.78, 5) is 29.6. The van der Waals surface area contributed by atoms with Gasteiger partial charge in [0, 0.05) is 32.3 Å². The molecule has 6 heteroatoms. The summed E-state index contributed by atoms with van der Waals surface area (Å²) in [5.74, 6) is -0.242. The van der Waals surface area contributed by atoms with Crippen LogP contribution in [0.2, 0.25) is 0 Å². The van der Waals surface area contributed by atoms with Crippen molar-refractivity contribution in [3.63, 3.8) is 0 Å². The third-order valence-corrected chi connectivity index (χ3v) is 3.39. The maximum absolute atomic E-state index is 11.9. The molecule has 108 valence electrons. The molecule has 1 saturated heterocycles. The Bertz CT molecular complexity index is 484. The Labute approximate surface area is 118 Å². The second kappa shape index (κ2) is 6.88. The van der Waals surface area contributed by atoms with E-state index in [1.54, 1.807) is 12.1 Å². The second-order valence-corrected chi connectivity index (χ2v) is 4.89. The number of carbonyl (C=O) groups is 2. The summed E-state index contributed by atoms with van der Waals surface area (Å²) in [5, 5.41) is 2.68. The van der Waals surface area contributed by atoms with E-state index in [1.807, 2.05) is 4.90 Å². The molecule has 0 unspecified atom stereocenters. The van der Waals surface area contributed by atoms with Gasteiger partial charge in [-0.25, -0.2) is 4.98 Å². The highest BCUT2D eigenvalue weighted by atomic mass is 16.2. The summed E-state index contributed by atoms with van der Waals surface area (Å²) < 4.78 is 0. The monoisotopic (exact) mass is 276 g/mol. The molecule has 20 heavy (non-hydrogen) atoms. The van der Waals surface area contributed by atoms with Crippen LogP contribution in [0.4, 0.5) is 5.69 Å². The van der Waals surface area contributed by atoms with Gasteiger partial charge in [-0.1, -0.05) is 0 Å². The number of nitrogens with one attached hydrogen (secondary N) is 1. The lowest BCUT2D eigenvalue weighted by Crippen LogP contribution is -2.38. The predicted octanol–water partition coefficient (Wildman–Crippen LogP) is 0.796. The first kappa shape index (κ1) is 14.3. The molecule has 0 aliphatic carbocycles. The average Bonchev–Trinajstić information content (AvgIpc) is 2.48. The molecule has 0 spiro atoms. The largest absolute Gasteiger partial charge is 0.397 e. The number of nitrogens with two attached hydrogens (primary N) is 1. The minimum atomic E-state index is -0.338. The van der Waals surface area contributed by atoms with Crippen molar-refractivity contribution < 1.29 is 9.59 Å². The molecule has 0 bridgehead atoms. The summed E-state index contributed by atoms with van der Waals surface area (Å²) in [6.07, 6.45) is 5.17. The van der Waals surface area contributed by atoms with Crippen molar-refractivity contribution in [2.75, 3.05) is 25.4 Å². The van der Waals surface area contributed by atoms with Gasteiger partial charge in [0.1, 0.15) is 0 Å². The standard InChI is InChI=1S/C14H20N4O2/c15-11-5-4-7-16-13(11)14(20)17-8-6-12(19)18-9-2-1-3-10-18/h4-5,7H,1-3,6,8-10,15H2,(H,17,20). The number of aromatic nitrogens is 1. The van der Waals surface area contributed by atoms with E-state index < -0.39 is 0 Å². The molecule has 2 rings (SSSR count). The number of hydrogen-bond acceptors (Lipinski definition) is 4. The van der Waals surface area contributed by atoms with E-state index in [0.29, 0.717) is 18.7 Å². The fourth-order valence-electron chi connectivity index (χ4n) is 2.28. The minimum absolute atomic E-state index is 0.0963. The van der Waals surface area contributed by atoms with Crippen LogP contribution in [0, 0.1) is 0 Å². The number of pyridine rings is 1. The molecule has 0 atom stereocenters. The third kappa shape index (κ3) is 3.69. The van der Waals surface area contributed by atoms with Crippen molar-refractivity contribution in [2.45, 2.75) is 25.7 Å². The van der Waals surface area contributed by atoms with Crippen molar-refractivity contribution in [3.8, 4) is 0 Å². The maximum atomic E-state index is 11.9. The molecule has 0 saturated carbocycles. The minimum Gasteiger partial charge on any atom is -0.397 e. The average molecular weight is 276 g/mol. The highest BCUT2D eigenvalue weighted by molar-refractivity contribution is 5.97. The van der Waals surface area contributed by atoms with Crippen LogP contribution in [0.3, 0.4) is 0 Å². The lowest BCUT2D eigenvalue weighted by molar-refractivity contribution is -0.131. The quantitative estimate of drug-likeness (QED) is 0.851. The van der Waals surface area contributed by atoms with Crippen molar-refractivity contribution in [1.82, 2.24) is 15.2 Å². The highest BCUT2D eigenvalue weighted by Crippen LogP contribution is 2.10. The molecule has 1 aliphatic heterocycles. The van der Waals surface area contributed by atoms with Crippen molar-refractivity contribution in [2.24, 2.45) is 0 Å². The Morgan fingerprint density at radius 1 is 1.30 bits per heavy atom. The van der Waals surface area contributed by atoms with Crippen LogP contribution >= 0.6 is 0 Å². The van der Waals surface area contributed by atoms with E-state index >= 15 is 0 Å². The molecular weight excluding hydrogens is 256 g/mol. The van der Waals surface area contributed by atoms with Crippen molar-refractivity contribution in [3.05, 3.63) is 24.0 Å². The number of rotatable bonds is 4. The van der Waals surface area contributed by atoms with Crippen molar-refractivity contribution in [1.29, 1.82) is 0 Å². The van der Waals surface area contributed by atoms with Crippen LogP contribution in [0.15, 0.2) is 18.3 Å². The zero-order valence-electron chi connectivity index (χ0n) is 11.5. The fraction of sp³-hybridized carbons (Fsp3) is 0.500. The molecule has 0 aromatic carbocycles. The van der Waals surface area contributed by atoms with Crippen LogP contribution in [0.1, 0.15) is 36.2 Å². The zero-order valence-corrected chi connectivity index (χ0v) is 11.5. The third-order valence-electron chi connectivity index (χ3n) is 3.39. The van der Waals surface area contributed by atoms with E-state index in [0.717, 1.165) is 25.9 Å². The Balaban J connectivity index is 1.76. The molecule has 2 heterocycles. The van der Waals surface area contributed by atoms with Gasteiger partial charge < -0.3 is 16.0 Å². The van der Waals surface area contributed by atoms with Gasteiger partial charge in [-0.05, 0) is 31.4 Å². The Morgan fingerprint density at radius 2 is 2.05 bits per heavy atom. The SMILES string of the molecule is Nc1cccnc1C(=O)NCCC(=O)N1CCCCC1. The predicted molar refractivity (Wildman–Crippen MR) is 76.0 cm³/mol. The lowest BCUT2D eigenvalue weighted by atomic mass is 10.1. The number of hydrogen-bond donors (Lipinski definition) is 2. The molecule has 2 amide bonds. The van der Waals surface area contributed by atoms with Gasteiger partial charge in [0.05, 0.1) is 5.69 Å². The van der Waals surface area contributed by atoms with Gasteiger partial charge in [-0.2, -0.15) is 0 Å². The fourth-order valence-corrected chi connectivity index (χ4v) is 2.28. The summed E-state index contributed by atoms with van der Waals surface area (Å²) in [6, 6.07) is 3.30. The number of anilines is 1. The van der Waals surface area contributed by atoms with Gasteiger partial charge in [0.15, 0.2) is 5.69 Å². The Kier molecular flexibility index (Phi) is 4.92. The van der Waals surface area contributed by atoms with Gasteiger partial charge in [-0.3, -0.25) is 9.59 Å². The highest BCUT2D eigenvalue weighted by Gasteiger charge is 2.16. The summed E-state index contributed by atoms with van der Waals surface area (Å²) >= 11 is 0. The molecule has 1 aliphatic rings. The molecule has 1 fully saturated rings. The number of nitrogen functional groups attached to an aromatic ring is 1. The second-order valence-electron chi connectivity index (χ2n) is 4.89. The molecule has 6 nitrogen and oxygen atoms in total. The van der Waals surface area contributed by atoms with Gasteiger partial charge in [-0.15, -0.1) is 0 Å². The first-order chi connectivity index (χ1) is 9.68. The van der Waals surface area contributed by atoms with E-state index in [1.165, 1.54) is 12.6 Å². The lowest BCUT2D eigenvalue weighted by Gasteiger charge is -2.26. The van der Waals surface area contributed by atoms with Crippen LogP contribution in [-0.2, 0) is 4.79 Å². The Morgan fingerprint density at radius 3 is 2.75 bits per heavy atom. The van der Waals surface area contributed by atoms with E-state index in [4.69, 9.17) is 5.73 Å². The van der Waals surface area contributed by atoms with Crippen LogP contribution < -0.4 is 11.1 Å². The molecular formula is C14H20N4O2. The number of likely N-dealkylation sites (tertiary alicyclic amines) is 1. The first-order valence-corrected chi connectivity index (χ1v) is 6.95. The zero-order chi connectivity index (χ0) is 14.4. The number of piperidine rings is 1. The van der Waals surface area contributed by atoms with Crippen LogP contribution in [0.25, 0.3) is 0 Å². The summed E-state index contributed by atoms with van der Waals surface area (Å²) in [6.45, 7) is 1.98. The van der Waals surface area contributed by atoms with Gasteiger partial charge >= 0.3 is 0 Å². The Hall–Kier alpha value is -2.11. The number of carbonyl (C=O) groups excluding carboxylic acids is 2. The van der Waals surface area contributed by atoms with E-state index in [-0.39, 0.29) is 17.5 Å². The number of nitrogens with zero attached hydrogens (tertiary/aromatic N) is 2. The van der Waals surface area contributed by atoms with Crippen LogP contribution in [0.5, 0.6) is 0 Å². The molecule has 1 aromatic rings. The van der Waals surface area contributed by atoms with Gasteiger partial charge in [0.25, 0.3) is 5.91 Å². The summed E-state index contributed by atoms with van der Waals surface area (Å²) in [5.41, 5.74) is 6.22. The molecule has 0 radical (unpaired) electrons. The topological polar surface area (TPSA) is 88.3 Å². The van der Waals surface area contributed by atoms with E-state index in [2.05, 4.69) is 10.3 Å². The first-order valence-electron chi connectivity index (χ1n) is 6.95. The molecule has 3 N–H and O–H groups in total. The maximum Gasteiger partial charge on any atom is 0.272 e. The molecule has 1 aromatic heterocycles. The van der Waals surface area contributed by atoms with Gasteiger partial charge in [0.2, 0.25) is 5.91 Å². The normalized spacial score (nSPS) is 14.9. The number of amides is 2.